The molecule has 1 atom stereocenters. The standard InChI is InChI=1S/C15H20N4OS/c1-15(7-4-8-20-15)14-17-12(19-16)11-9-5-2-3-6-10(9)21-13(11)18-14/h2-8,16H2,1H3,(H,17,18,19). The third-order valence-corrected chi connectivity index (χ3v) is 5.83. The minimum atomic E-state index is -0.371. The molecule has 3 heterocycles. The van der Waals surface area contributed by atoms with Crippen molar-refractivity contribution in [2.24, 2.45) is 5.84 Å². The predicted molar refractivity (Wildman–Crippen MR) is 84.4 cm³/mol. The average molecular weight is 304 g/mol. The summed E-state index contributed by atoms with van der Waals surface area (Å²) >= 11 is 1.80. The highest BCUT2D eigenvalue weighted by Gasteiger charge is 2.36. The maximum Gasteiger partial charge on any atom is 0.164 e. The van der Waals surface area contributed by atoms with Gasteiger partial charge in [0.25, 0.3) is 0 Å². The van der Waals surface area contributed by atoms with Crippen molar-refractivity contribution in [1.82, 2.24) is 9.97 Å². The van der Waals surface area contributed by atoms with E-state index < -0.39 is 0 Å². The topological polar surface area (TPSA) is 73.1 Å². The number of hydrogen-bond acceptors (Lipinski definition) is 6. The SMILES string of the molecule is CC1(c2nc(NN)c3c4c(sc3n2)CCCC4)CCCO1. The molecule has 2 aromatic heterocycles. The monoisotopic (exact) mass is 304 g/mol. The van der Waals surface area contributed by atoms with Crippen LogP contribution in [0, 0.1) is 0 Å². The molecule has 4 rings (SSSR count). The number of thiophene rings is 1. The molecule has 0 amide bonds. The number of aromatic nitrogens is 2. The molecule has 0 spiro atoms. The van der Waals surface area contributed by atoms with Gasteiger partial charge in [0.1, 0.15) is 10.4 Å². The molecule has 112 valence electrons. The first-order chi connectivity index (χ1) is 10.2. The number of hydrazine groups is 1. The van der Waals surface area contributed by atoms with Gasteiger partial charge < -0.3 is 10.2 Å². The Labute approximate surface area is 127 Å². The Morgan fingerprint density at radius 3 is 2.86 bits per heavy atom. The summed E-state index contributed by atoms with van der Waals surface area (Å²) in [5.74, 6) is 7.26. The molecule has 6 heteroatoms. The Morgan fingerprint density at radius 1 is 1.24 bits per heavy atom. The number of nitrogens with one attached hydrogen (secondary N) is 1. The number of rotatable bonds is 2. The van der Waals surface area contributed by atoms with Crippen LogP contribution >= 0.6 is 11.3 Å². The zero-order valence-electron chi connectivity index (χ0n) is 12.2. The number of nitrogens with zero attached hydrogens (tertiary/aromatic N) is 2. The summed E-state index contributed by atoms with van der Waals surface area (Å²) in [5.41, 5.74) is 3.82. The first kappa shape index (κ1) is 13.4. The van der Waals surface area contributed by atoms with Crippen molar-refractivity contribution < 1.29 is 4.74 Å². The Hall–Kier alpha value is -1.24. The summed E-state index contributed by atoms with van der Waals surface area (Å²) in [7, 11) is 0. The van der Waals surface area contributed by atoms with Crippen molar-refractivity contribution in [3.8, 4) is 0 Å². The van der Waals surface area contributed by atoms with E-state index >= 15 is 0 Å². The van der Waals surface area contributed by atoms with E-state index in [1.54, 1.807) is 11.3 Å². The normalized spacial score (nSPS) is 25.2. The van der Waals surface area contributed by atoms with Crippen molar-refractivity contribution in [3.05, 3.63) is 16.3 Å². The van der Waals surface area contributed by atoms with Crippen LogP contribution in [0.3, 0.4) is 0 Å². The molecule has 2 aromatic rings. The van der Waals surface area contributed by atoms with Gasteiger partial charge >= 0.3 is 0 Å². The Balaban J connectivity index is 1.92. The molecule has 1 unspecified atom stereocenters. The van der Waals surface area contributed by atoms with E-state index in [2.05, 4.69) is 17.3 Å². The van der Waals surface area contributed by atoms with Crippen molar-refractivity contribution in [1.29, 1.82) is 0 Å². The van der Waals surface area contributed by atoms with Gasteiger partial charge in [-0.1, -0.05) is 0 Å². The van der Waals surface area contributed by atoms with Gasteiger partial charge in [-0.05, 0) is 51.0 Å². The largest absolute Gasteiger partial charge is 0.367 e. The summed E-state index contributed by atoms with van der Waals surface area (Å²) in [4.78, 5) is 12.0. The number of ether oxygens (including phenoxy) is 1. The number of aryl methyl sites for hydroxylation is 2. The molecule has 2 aliphatic rings. The van der Waals surface area contributed by atoms with E-state index in [1.165, 1.54) is 23.3 Å². The Morgan fingerprint density at radius 2 is 2.10 bits per heavy atom. The van der Waals surface area contributed by atoms with Gasteiger partial charge in [-0.3, -0.25) is 0 Å². The molecule has 0 aromatic carbocycles. The fourth-order valence-electron chi connectivity index (χ4n) is 3.45. The van der Waals surface area contributed by atoms with Crippen LogP contribution in [0.5, 0.6) is 0 Å². The first-order valence-electron chi connectivity index (χ1n) is 7.64. The average Bonchev–Trinajstić information content (AvgIpc) is 3.10. The van der Waals surface area contributed by atoms with Crippen LogP contribution in [0.2, 0.25) is 0 Å². The van der Waals surface area contributed by atoms with Gasteiger partial charge in [-0.15, -0.1) is 11.3 Å². The number of nitrogen functional groups attached to an aromatic ring is 1. The molecule has 1 aliphatic heterocycles. The zero-order chi connectivity index (χ0) is 14.4. The van der Waals surface area contributed by atoms with E-state index in [-0.39, 0.29) is 5.60 Å². The van der Waals surface area contributed by atoms with Crippen LogP contribution in [0.15, 0.2) is 0 Å². The van der Waals surface area contributed by atoms with Gasteiger partial charge in [0.15, 0.2) is 11.6 Å². The van der Waals surface area contributed by atoms with E-state index in [4.69, 9.17) is 15.6 Å². The van der Waals surface area contributed by atoms with Gasteiger partial charge in [-0.2, -0.15) is 0 Å². The quantitative estimate of drug-likeness (QED) is 0.659. The van der Waals surface area contributed by atoms with Crippen LogP contribution in [0.4, 0.5) is 5.82 Å². The van der Waals surface area contributed by atoms with Crippen molar-refractivity contribution in [2.45, 2.75) is 51.0 Å². The van der Waals surface area contributed by atoms with E-state index in [9.17, 15) is 0 Å². The molecule has 0 saturated carbocycles. The van der Waals surface area contributed by atoms with Crippen LogP contribution in [-0.2, 0) is 23.2 Å². The smallest absolute Gasteiger partial charge is 0.164 e. The van der Waals surface area contributed by atoms with Gasteiger partial charge in [0.2, 0.25) is 0 Å². The Kier molecular flexibility index (Phi) is 3.13. The minimum absolute atomic E-state index is 0.371. The van der Waals surface area contributed by atoms with E-state index in [0.29, 0.717) is 0 Å². The highest BCUT2D eigenvalue weighted by Crippen LogP contribution is 2.41. The highest BCUT2D eigenvalue weighted by atomic mass is 32.1. The molecule has 0 bridgehead atoms. The first-order valence-corrected chi connectivity index (χ1v) is 8.46. The molecule has 21 heavy (non-hydrogen) atoms. The lowest BCUT2D eigenvalue weighted by Gasteiger charge is -2.22. The molecule has 5 nitrogen and oxygen atoms in total. The van der Waals surface area contributed by atoms with Crippen molar-refractivity contribution in [3.63, 3.8) is 0 Å². The number of fused-ring (bicyclic) bond motifs is 3. The molecular weight excluding hydrogens is 284 g/mol. The molecule has 1 aliphatic carbocycles. The summed E-state index contributed by atoms with van der Waals surface area (Å²) in [6.07, 6.45) is 6.81. The number of anilines is 1. The van der Waals surface area contributed by atoms with Crippen molar-refractivity contribution in [2.75, 3.05) is 12.0 Å². The van der Waals surface area contributed by atoms with Crippen LogP contribution in [0.1, 0.15) is 48.9 Å². The lowest BCUT2D eigenvalue weighted by Crippen LogP contribution is -2.24. The van der Waals surface area contributed by atoms with Crippen LogP contribution in [0.25, 0.3) is 10.2 Å². The summed E-state index contributed by atoms with van der Waals surface area (Å²) in [6.45, 7) is 2.86. The zero-order valence-corrected chi connectivity index (χ0v) is 13.1. The maximum atomic E-state index is 5.89. The second-order valence-corrected chi connectivity index (χ2v) is 7.20. The van der Waals surface area contributed by atoms with Gasteiger partial charge in [0.05, 0.1) is 5.39 Å². The molecule has 0 radical (unpaired) electrons. The second kappa shape index (κ2) is 4.90. The fraction of sp³-hybridized carbons (Fsp3) is 0.600. The molecule has 3 N–H and O–H groups in total. The van der Waals surface area contributed by atoms with Crippen molar-refractivity contribution >= 4 is 27.4 Å². The Bertz CT molecular complexity index is 691. The summed E-state index contributed by atoms with van der Waals surface area (Å²) in [6, 6.07) is 0. The highest BCUT2D eigenvalue weighted by molar-refractivity contribution is 7.19. The lowest BCUT2D eigenvalue weighted by atomic mass is 9.96. The second-order valence-electron chi connectivity index (χ2n) is 6.11. The predicted octanol–water partition coefficient (Wildman–Crippen LogP) is 2.88. The molecule has 1 saturated heterocycles. The lowest BCUT2D eigenvalue weighted by molar-refractivity contribution is 0.00976. The third-order valence-electron chi connectivity index (χ3n) is 4.64. The number of hydrogen-bond donors (Lipinski definition) is 2. The number of nitrogens with two attached hydrogens (primary N) is 1. The molecule has 1 fully saturated rings. The van der Waals surface area contributed by atoms with Crippen LogP contribution in [-0.4, -0.2) is 16.6 Å². The van der Waals surface area contributed by atoms with Gasteiger partial charge in [0, 0.05) is 11.5 Å². The van der Waals surface area contributed by atoms with Gasteiger partial charge in [-0.25, -0.2) is 15.8 Å². The fourth-order valence-corrected chi connectivity index (χ4v) is 4.71. The van der Waals surface area contributed by atoms with E-state index in [1.807, 2.05) is 0 Å². The molecular formula is C15H20N4OS. The maximum absolute atomic E-state index is 5.89. The summed E-state index contributed by atoms with van der Waals surface area (Å²) < 4.78 is 5.89. The van der Waals surface area contributed by atoms with E-state index in [0.717, 1.165) is 54.1 Å². The third kappa shape index (κ3) is 2.05. The summed E-state index contributed by atoms with van der Waals surface area (Å²) in [5, 5.41) is 1.13. The van der Waals surface area contributed by atoms with Crippen LogP contribution < -0.4 is 11.3 Å². The minimum Gasteiger partial charge on any atom is -0.367 e.